The molecule has 0 unspecified atom stereocenters. The maximum atomic E-state index is 13.2. The van der Waals surface area contributed by atoms with Gasteiger partial charge in [0, 0.05) is 57.1 Å². The van der Waals surface area contributed by atoms with Crippen LogP contribution in [0.15, 0.2) is 36.5 Å². The highest BCUT2D eigenvalue weighted by Crippen LogP contribution is 2.38. The number of piperazine rings is 1. The number of hydrogen-bond acceptors (Lipinski definition) is 9. The number of anilines is 5. The molecule has 2 aliphatic heterocycles. The van der Waals surface area contributed by atoms with Crippen LogP contribution < -0.4 is 25.0 Å². The minimum atomic E-state index is -0.0278. The van der Waals surface area contributed by atoms with Crippen molar-refractivity contribution >= 4 is 46.3 Å². The number of halogens is 1. The van der Waals surface area contributed by atoms with Gasteiger partial charge in [-0.05, 0) is 31.3 Å². The fraction of sp³-hybridized carbons (Fsp3) is 0.346. The lowest BCUT2D eigenvalue weighted by atomic mass is 10.0. The van der Waals surface area contributed by atoms with Gasteiger partial charge >= 0.3 is 0 Å². The Labute approximate surface area is 221 Å². The number of benzene rings is 2. The van der Waals surface area contributed by atoms with Crippen LogP contribution in [0.25, 0.3) is 0 Å². The van der Waals surface area contributed by atoms with Gasteiger partial charge in [0.2, 0.25) is 5.95 Å². The van der Waals surface area contributed by atoms with Crippen molar-refractivity contribution in [3.8, 4) is 11.5 Å². The first-order valence-corrected chi connectivity index (χ1v) is 12.4. The Bertz CT molecular complexity index is 1330. The van der Waals surface area contributed by atoms with Crippen LogP contribution in [0.2, 0.25) is 5.02 Å². The molecule has 11 heteroatoms. The van der Waals surface area contributed by atoms with Crippen molar-refractivity contribution in [2.24, 2.45) is 0 Å². The molecule has 1 saturated heterocycles. The number of nitrogens with one attached hydrogen (secondary N) is 2. The number of fused-ring (bicyclic) bond motifs is 1. The Hall–Kier alpha value is -3.76. The Balaban J connectivity index is 1.45. The minimum absolute atomic E-state index is 0.0278. The number of rotatable bonds is 7. The number of ether oxygens (including phenoxy) is 2. The predicted octanol–water partition coefficient (Wildman–Crippen LogP) is 3.97. The van der Waals surface area contributed by atoms with E-state index >= 15 is 0 Å². The molecule has 3 heterocycles. The number of aromatic nitrogens is 2. The van der Waals surface area contributed by atoms with Crippen molar-refractivity contribution in [1.29, 1.82) is 0 Å². The first-order chi connectivity index (χ1) is 17.9. The molecule has 0 bridgehead atoms. The average Bonchev–Trinajstić information content (AvgIpc) is 3.21. The number of nitrogens with zero attached hydrogens (tertiary/aromatic N) is 5. The standard InChI is InChI=1S/C26H30ClN7O3/c1-32-9-11-34(12-10-32)21-8-7-20(23-17(21)15-33(2)25(23)35)29-24-18(27)14-28-26(31-24)30-19-6-5-16(36-3)13-22(19)37-4/h5-8,13-14H,9-12,15H2,1-4H3,(H2,28,29,30,31). The minimum Gasteiger partial charge on any atom is -0.497 e. The van der Waals surface area contributed by atoms with E-state index in [0.29, 0.717) is 51.8 Å². The summed E-state index contributed by atoms with van der Waals surface area (Å²) in [4.78, 5) is 28.5. The largest absolute Gasteiger partial charge is 0.497 e. The molecule has 1 fully saturated rings. The number of amides is 1. The van der Waals surface area contributed by atoms with Crippen molar-refractivity contribution in [2.45, 2.75) is 6.54 Å². The number of carbonyl (C=O) groups is 1. The molecule has 0 saturated carbocycles. The van der Waals surface area contributed by atoms with Crippen LogP contribution in [-0.2, 0) is 6.54 Å². The molecule has 2 aromatic carbocycles. The van der Waals surface area contributed by atoms with Crippen LogP contribution in [0.5, 0.6) is 11.5 Å². The summed E-state index contributed by atoms with van der Waals surface area (Å²) in [5, 5.41) is 6.79. The molecule has 5 rings (SSSR count). The maximum absolute atomic E-state index is 13.2. The van der Waals surface area contributed by atoms with Gasteiger partial charge in [-0.1, -0.05) is 11.6 Å². The smallest absolute Gasteiger partial charge is 0.256 e. The molecule has 1 amide bonds. The molecule has 0 spiro atoms. The van der Waals surface area contributed by atoms with Crippen molar-refractivity contribution in [2.75, 3.05) is 70.0 Å². The number of hydrogen-bond donors (Lipinski definition) is 2. The Kier molecular flexibility index (Phi) is 6.94. The zero-order valence-electron chi connectivity index (χ0n) is 21.3. The number of methoxy groups -OCH3 is 2. The molecule has 0 atom stereocenters. The second kappa shape index (κ2) is 10.3. The van der Waals surface area contributed by atoms with E-state index in [2.05, 4.69) is 43.5 Å². The number of carbonyl (C=O) groups excluding carboxylic acids is 1. The van der Waals surface area contributed by atoms with Gasteiger partial charge < -0.3 is 34.8 Å². The topological polar surface area (TPSA) is 95.1 Å². The summed E-state index contributed by atoms with van der Waals surface area (Å²) in [6.45, 7) is 4.39. The van der Waals surface area contributed by atoms with E-state index in [-0.39, 0.29) is 5.91 Å². The first kappa shape index (κ1) is 24.9. The third-order valence-corrected chi connectivity index (χ3v) is 7.02. The van der Waals surface area contributed by atoms with E-state index in [1.165, 1.54) is 6.20 Å². The molecule has 2 N–H and O–H groups in total. The highest BCUT2D eigenvalue weighted by Gasteiger charge is 2.32. The molecular formula is C26H30ClN7O3. The van der Waals surface area contributed by atoms with Crippen LogP contribution in [0, 0.1) is 0 Å². The Morgan fingerprint density at radius 2 is 1.73 bits per heavy atom. The molecule has 0 radical (unpaired) electrons. The van der Waals surface area contributed by atoms with E-state index in [9.17, 15) is 4.79 Å². The van der Waals surface area contributed by atoms with Crippen LogP contribution in [0.1, 0.15) is 15.9 Å². The summed E-state index contributed by atoms with van der Waals surface area (Å²) >= 11 is 6.47. The van der Waals surface area contributed by atoms with Gasteiger partial charge in [-0.15, -0.1) is 0 Å². The van der Waals surface area contributed by atoms with Crippen LogP contribution in [0.4, 0.5) is 28.8 Å². The summed E-state index contributed by atoms with van der Waals surface area (Å²) < 4.78 is 10.7. The second-order valence-corrected chi connectivity index (χ2v) is 9.55. The number of likely N-dealkylation sites (N-methyl/N-ethyl adjacent to an activating group) is 1. The van der Waals surface area contributed by atoms with Crippen LogP contribution in [-0.4, -0.2) is 80.2 Å². The monoisotopic (exact) mass is 523 g/mol. The lowest BCUT2D eigenvalue weighted by molar-refractivity contribution is 0.0817. The molecule has 10 nitrogen and oxygen atoms in total. The van der Waals surface area contributed by atoms with E-state index < -0.39 is 0 Å². The van der Waals surface area contributed by atoms with Gasteiger partial charge in [-0.2, -0.15) is 4.98 Å². The lowest BCUT2D eigenvalue weighted by Crippen LogP contribution is -2.44. The first-order valence-electron chi connectivity index (χ1n) is 12.0. The Morgan fingerprint density at radius 3 is 2.46 bits per heavy atom. The van der Waals surface area contributed by atoms with Crippen molar-refractivity contribution in [3.63, 3.8) is 0 Å². The molecule has 194 valence electrons. The van der Waals surface area contributed by atoms with Crippen LogP contribution in [0.3, 0.4) is 0 Å². The zero-order valence-corrected chi connectivity index (χ0v) is 22.1. The highest BCUT2D eigenvalue weighted by molar-refractivity contribution is 6.33. The van der Waals surface area contributed by atoms with Crippen LogP contribution >= 0.6 is 11.6 Å². The van der Waals surface area contributed by atoms with Crippen molar-refractivity contribution in [3.05, 3.63) is 52.7 Å². The van der Waals surface area contributed by atoms with E-state index in [4.69, 9.17) is 21.1 Å². The highest BCUT2D eigenvalue weighted by atomic mass is 35.5. The third-order valence-electron chi connectivity index (χ3n) is 6.74. The van der Waals surface area contributed by atoms with Gasteiger partial charge in [0.05, 0.1) is 37.4 Å². The zero-order chi connectivity index (χ0) is 26.1. The van der Waals surface area contributed by atoms with Gasteiger partial charge in [0.25, 0.3) is 5.91 Å². The lowest BCUT2D eigenvalue weighted by Gasteiger charge is -2.35. The maximum Gasteiger partial charge on any atom is 0.256 e. The SMILES string of the molecule is COc1ccc(Nc2ncc(Cl)c(Nc3ccc(N4CCN(C)CC4)c4c3C(=O)N(C)C4)n2)c(OC)c1. The van der Waals surface area contributed by atoms with Gasteiger partial charge in [0.1, 0.15) is 16.5 Å². The molecule has 1 aromatic heterocycles. The summed E-state index contributed by atoms with van der Waals surface area (Å²) in [7, 11) is 7.13. The van der Waals surface area contributed by atoms with E-state index in [0.717, 1.165) is 37.4 Å². The summed E-state index contributed by atoms with van der Waals surface area (Å²) in [5.41, 5.74) is 4.11. The third kappa shape index (κ3) is 4.94. The predicted molar refractivity (Wildman–Crippen MR) is 145 cm³/mol. The molecular weight excluding hydrogens is 494 g/mol. The summed E-state index contributed by atoms with van der Waals surface area (Å²) in [5.74, 6) is 1.94. The summed E-state index contributed by atoms with van der Waals surface area (Å²) in [6, 6.07) is 9.41. The summed E-state index contributed by atoms with van der Waals surface area (Å²) in [6.07, 6.45) is 1.52. The quantitative estimate of drug-likeness (QED) is 0.477. The molecule has 3 aromatic rings. The van der Waals surface area contributed by atoms with E-state index in [1.54, 1.807) is 25.2 Å². The molecule has 0 aliphatic carbocycles. The van der Waals surface area contributed by atoms with Gasteiger partial charge in [-0.25, -0.2) is 4.98 Å². The fourth-order valence-electron chi connectivity index (χ4n) is 4.65. The second-order valence-electron chi connectivity index (χ2n) is 9.14. The average molecular weight is 524 g/mol. The fourth-order valence-corrected chi connectivity index (χ4v) is 4.79. The van der Waals surface area contributed by atoms with Gasteiger partial charge in [-0.3, -0.25) is 4.79 Å². The van der Waals surface area contributed by atoms with Crippen molar-refractivity contribution in [1.82, 2.24) is 19.8 Å². The van der Waals surface area contributed by atoms with Gasteiger partial charge in [0.15, 0.2) is 5.82 Å². The molecule has 2 aliphatic rings. The normalized spacial score (nSPS) is 15.5. The Morgan fingerprint density at radius 1 is 0.973 bits per heavy atom. The van der Waals surface area contributed by atoms with E-state index in [1.807, 2.05) is 25.2 Å². The van der Waals surface area contributed by atoms with Crippen molar-refractivity contribution < 1.29 is 14.3 Å². The molecule has 37 heavy (non-hydrogen) atoms.